The monoisotopic (exact) mass is 687 g/mol. The third-order valence-corrected chi connectivity index (χ3v) is 12.8. The van der Waals surface area contributed by atoms with Gasteiger partial charge in [0.25, 0.3) is 0 Å². The van der Waals surface area contributed by atoms with E-state index >= 15 is 0 Å². The van der Waals surface area contributed by atoms with Gasteiger partial charge < -0.3 is 0 Å². The minimum absolute atomic E-state index is 0.142. The van der Waals surface area contributed by atoms with Gasteiger partial charge >= 0.3 is 0 Å². The molecule has 1 heterocycles. The van der Waals surface area contributed by atoms with E-state index in [2.05, 4.69) is 164 Å². The molecule has 0 amide bonds. The molecular weight excluding hydrogens is 651 g/mol. The second-order valence-corrected chi connectivity index (χ2v) is 15.7. The first-order valence-corrected chi connectivity index (χ1v) is 19.5. The number of benzene rings is 5. The first-order chi connectivity index (χ1) is 26.8. The predicted octanol–water partition coefficient (Wildman–Crippen LogP) is 13.1. The van der Waals surface area contributed by atoms with Crippen molar-refractivity contribution >= 4 is 60.7 Å². The van der Waals surface area contributed by atoms with Gasteiger partial charge in [-0.2, -0.15) is 0 Å². The Morgan fingerprint density at radius 1 is 0.630 bits per heavy atom. The molecule has 6 aliphatic rings. The van der Waals surface area contributed by atoms with Gasteiger partial charge in [-0.1, -0.05) is 146 Å². The van der Waals surface area contributed by atoms with Crippen LogP contribution >= 0.6 is 0 Å². The van der Waals surface area contributed by atoms with Gasteiger partial charge in [-0.15, -0.1) is 0 Å². The molecule has 54 heavy (non-hydrogen) atoms. The van der Waals surface area contributed by atoms with Crippen molar-refractivity contribution in [1.82, 2.24) is 4.98 Å². The number of nitrogens with zero attached hydrogens (tertiary/aromatic N) is 1. The number of hydrogen-bond donors (Lipinski definition) is 0. The van der Waals surface area contributed by atoms with E-state index in [1.165, 1.54) is 99.1 Å². The van der Waals surface area contributed by atoms with Crippen molar-refractivity contribution in [2.45, 2.75) is 19.3 Å². The van der Waals surface area contributed by atoms with Crippen molar-refractivity contribution in [1.29, 1.82) is 0 Å². The summed E-state index contributed by atoms with van der Waals surface area (Å²) < 4.78 is 0. The van der Waals surface area contributed by atoms with E-state index in [-0.39, 0.29) is 11.8 Å². The van der Waals surface area contributed by atoms with Crippen molar-refractivity contribution in [3.8, 4) is 0 Å². The number of hydrogen-bond acceptors (Lipinski definition) is 1. The number of pyridine rings is 1. The Hall–Kier alpha value is -6.31. The van der Waals surface area contributed by atoms with Crippen LogP contribution in [0.1, 0.15) is 46.4 Å². The molecule has 0 saturated heterocycles. The molecule has 3 atom stereocenters. The maximum absolute atomic E-state index is 5.05. The standard InChI is InChI=1S/C53H37N/c1-3-12-34-26-39(22-20-32(34)10-1)49-44-25-24-38(48-30-36-14-5-6-16-41(36)31-54-48)29-46(44)50(40-23-21-33-11-2-4-13-35(33)27-40)53-47-28-37-15-7-8-17-42(37)43-18-9-19-45(51(43)47)52(49)53/h1-6,8-14,16-26,28-31,35,44,46H,7,15,27H2. The van der Waals surface area contributed by atoms with Crippen LogP contribution in [0.4, 0.5) is 0 Å². The summed E-state index contributed by atoms with van der Waals surface area (Å²) in [6.07, 6.45) is 31.3. The number of rotatable bonds is 3. The van der Waals surface area contributed by atoms with Gasteiger partial charge in [0, 0.05) is 29.3 Å². The smallest absolute Gasteiger partial charge is 0.0705 e. The number of allylic oxidation sites excluding steroid dienone is 17. The summed E-state index contributed by atoms with van der Waals surface area (Å²) in [6, 6.07) is 36.4. The van der Waals surface area contributed by atoms with Gasteiger partial charge in [0.1, 0.15) is 0 Å². The highest BCUT2D eigenvalue weighted by atomic mass is 14.7. The van der Waals surface area contributed by atoms with Gasteiger partial charge in [0.2, 0.25) is 0 Å². The van der Waals surface area contributed by atoms with Crippen LogP contribution in [-0.4, -0.2) is 4.98 Å². The molecule has 0 bridgehead atoms. The van der Waals surface area contributed by atoms with Gasteiger partial charge in [-0.25, -0.2) is 0 Å². The molecule has 1 nitrogen and oxygen atoms in total. The van der Waals surface area contributed by atoms with E-state index in [1.807, 2.05) is 6.20 Å². The van der Waals surface area contributed by atoms with E-state index in [9.17, 15) is 0 Å². The van der Waals surface area contributed by atoms with E-state index < -0.39 is 0 Å². The molecule has 0 radical (unpaired) electrons. The van der Waals surface area contributed by atoms with Crippen LogP contribution in [0.25, 0.3) is 60.7 Å². The Morgan fingerprint density at radius 3 is 2.41 bits per heavy atom. The van der Waals surface area contributed by atoms with Gasteiger partial charge in [0.05, 0.1) is 5.69 Å². The van der Waals surface area contributed by atoms with Crippen LogP contribution in [0.15, 0.2) is 181 Å². The summed E-state index contributed by atoms with van der Waals surface area (Å²) in [6.45, 7) is 0. The fourth-order valence-corrected chi connectivity index (χ4v) is 10.3. The van der Waals surface area contributed by atoms with Crippen LogP contribution in [0, 0.1) is 17.8 Å². The summed E-state index contributed by atoms with van der Waals surface area (Å²) in [4.78, 5) is 5.05. The second kappa shape index (κ2) is 11.6. The Kier molecular flexibility index (Phi) is 6.48. The van der Waals surface area contributed by atoms with Crippen LogP contribution in [0.2, 0.25) is 0 Å². The van der Waals surface area contributed by atoms with Crippen molar-refractivity contribution < 1.29 is 0 Å². The molecule has 0 N–H and O–H groups in total. The van der Waals surface area contributed by atoms with Gasteiger partial charge in [-0.3, -0.25) is 4.98 Å². The summed E-state index contributed by atoms with van der Waals surface area (Å²) in [5.74, 6) is 0.692. The minimum atomic E-state index is 0.142. The highest BCUT2D eigenvalue weighted by Gasteiger charge is 2.43. The van der Waals surface area contributed by atoms with Crippen LogP contribution in [0.5, 0.6) is 0 Å². The van der Waals surface area contributed by atoms with Crippen molar-refractivity contribution in [2.24, 2.45) is 17.8 Å². The molecule has 3 unspecified atom stereocenters. The summed E-state index contributed by atoms with van der Waals surface area (Å²) in [5.41, 5.74) is 17.9. The molecule has 12 rings (SSSR count). The molecule has 1 aromatic heterocycles. The third-order valence-electron chi connectivity index (χ3n) is 12.8. The Labute approximate surface area is 315 Å². The summed E-state index contributed by atoms with van der Waals surface area (Å²) in [7, 11) is 0. The molecule has 6 aromatic rings. The Balaban J connectivity index is 1.18. The zero-order valence-electron chi connectivity index (χ0n) is 30.0. The fraction of sp³-hybridized carbons (Fsp3) is 0.113. The maximum Gasteiger partial charge on any atom is 0.0705 e. The topological polar surface area (TPSA) is 12.9 Å². The Bertz CT molecular complexity index is 2960. The maximum atomic E-state index is 5.05. The number of aromatic nitrogens is 1. The number of aryl methyl sites for hydroxylation is 1. The van der Waals surface area contributed by atoms with Crippen molar-refractivity contribution in [3.63, 3.8) is 0 Å². The second-order valence-electron chi connectivity index (χ2n) is 15.7. The van der Waals surface area contributed by atoms with Gasteiger partial charge in [-0.05, 0) is 131 Å². The summed E-state index contributed by atoms with van der Waals surface area (Å²) >= 11 is 0. The van der Waals surface area contributed by atoms with Crippen molar-refractivity contribution in [3.05, 3.63) is 214 Å². The third kappa shape index (κ3) is 4.42. The lowest BCUT2D eigenvalue weighted by atomic mass is 9.63. The molecule has 254 valence electrons. The summed E-state index contributed by atoms with van der Waals surface area (Å²) in [5, 5.41) is 7.76. The lowest BCUT2D eigenvalue weighted by molar-refractivity contribution is 0.633. The molecule has 6 aliphatic carbocycles. The predicted molar refractivity (Wildman–Crippen MR) is 227 cm³/mol. The van der Waals surface area contributed by atoms with Crippen LogP contribution in [0.3, 0.4) is 0 Å². The molecule has 0 fully saturated rings. The zero-order valence-corrected chi connectivity index (χ0v) is 30.0. The molecule has 1 heteroatoms. The zero-order chi connectivity index (χ0) is 35.3. The van der Waals surface area contributed by atoms with E-state index in [1.54, 1.807) is 0 Å². The van der Waals surface area contributed by atoms with Gasteiger partial charge in [0.15, 0.2) is 0 Å². The lowest BCUT2D eigenvalue weighted by Crippen LogP contribution is -2.25. The Morgan fingerprint density at radius 2 is 1.48 bits per heavy atom. The average molecular weight is 688 g/mol. The highest BCUT2D eigenvalue weighted by Crippen LogP contribution is 2.61. The van der Waals surface area contributed by atoms with E-state index in [0.717, 1.165) is 25.0 Å². The molecular formula is C53H37N. The molecule has 0 saturated carbocycles. The quantitative estimate of drug-likeness (QED) is 0.180. The molecule has 0 spiro atoms. The van der Waals surface area contributed by atoms with Crippen LogP contribution in [-0.2, 0) is 6.42 Å². The molecule has 5 aromatic carbocycles. The first kappa shape index (κ1) is 30.2. The first-order valence-electron chi connectivity index (χ1n) is 19.5. The minimum Gasteiger partial charge on any atom is -0.256 e. The van der Waals surface area contributed by atoms with E-state index in [0.29, 0.717) is 5.92 Å². The normalized spacial score (nSPS) is 21.9. The largest absolute Gasteiger partial charge is 0.256 e. The lowest BCUT2D eigenvalue weighted by Gasteiger charge is -2.39. The number of fused-ring (bicyclic) bond motifs is 9. The average Bonchev–Trinajstić information content (AvgIpc) is 3.56. The SMILES string of the molecule is C1=CC2=CC=C(C3=C4C(=C(c5ccc6ccccc6c5)C5C=CC(c6cc7ccccc7cn6)=CC35)c3cccc5c6c(cc4c35)CCC=C6)CC2C=C1. The van der Waals surface area contributed by atoms with E-state index in [4.69, 9.17) is 4.98 Å². The van der Waals surface area contributed by atoms with Crippen molar-refractivity contribution in [2.75, 3.05) is 0 Å². The van der Waals surface area contributed by atoms with Crippen LogP contribution < -0.4 is 0 Å². The fourth-order valence-electron chi connectivity index (χ4n) is 10.3. The molecule has 0 aliphatic heterocycles. The highest BCUT2D eigenvalue weighted by molar-refractivity contribution is 6.30.